The molecule has 2 atom stereocenters. The lowest BCUT2D eigenvalue weighted by molar-refractivity contribution is 0.0641. The van der Waals surface area contributed by atoms with Crippen LogP contribution in [-0.2, 0) is 6.54 Å². The molecule has 10 heteroatoms. The van der Waals surface area contributed by atoms with Crippen molar-refractivity contribution in [3.63, 3.8) is 0 Å². The van der Waals surface area contributed by atoms with Crippen molar-refractivity contribution in [1.29, 1.82) is 0 Å². The average molecular weight is 533 g/mol. The standard InChI is InChI=1S/C29H34F2N8/c1-5-37-15-21-7-8-22(16-37)38(21)14-19-6-9-26(32-12-19)35-29-33-13-24(31)27(36-29)20-10-23(30)28-25(11-20)39(17(2)3)18(4)34-28/h6,9-13,17,21-22H,5,7-8,14-16H2,1-4H3,(H,32,33,35,36). The summed E-state index contributed by atoms with van der Waals surface area (Å²) in [5, 5.41) is 3.07. The Morgan fingerprint density at radius 2 is 1.77 bits per heavy atom. The molecular weight excluding hydrogens is 498 g/mol. The van der Waals surface area contributed by atoms with Gasteiger partial charge in [-0.15, -0.1) is 0 Å². The number of rotatable bonds is 7. The van der Waals surface area contributed by atoms with Gasteiger partial charge in [0.25, 0.3) is 0 Å². The number of halogens is 2. The van der Waals surface area contributed by atoms with E-state index in [0.717, 1.165) is 37.9 Å². The number of benzene rings is 1. The molecule has 0 spiro atoms. The Bertz CT molecular complexity index is 1490. The summed E-state index contributed by atoms with van der Waals surface area (Å²) in [6.45, 7) is 12.3. The Balaban J connectivity index is 1.21. The molecule has 8 nitrogen and oxygen atoms in total. The third kappa shape index (κ3) is 4.87. The van der Waals surface area contributed by atoms with Gasteiger partial charge in [-0.1, -0.05) is 13.0 Å². The zero-order chi connectivity index (χ0) is 27.3. The van der Waals surface area contributed by atoms with E-state index in [4.69, 9.17) is 0 Å². The van der Waals surface area contributed by atoms with Gasteiger partial charge in [0.2, 0.25) is 5.95 Å². The van der Waals surface area contributed by atoms with Crippen LogP contribution in [0.15, 0.2) is 36.7 Å². The predicted molar refractivity (Wildman–Crippen MR) is 148 cm³/mol. The number of nitrogens with zero attached hydrogens (tertiary/aromatic N) is 7. The van der Waals surface area contributed by atoms with Crippen LogP contribution in [0, 0.1) is 18.6 Å². The van der Waals surface area contributed by atoms with Gasteiger partial charge in [-0.25, -0.2) is 28.7 Å². The second-order valence-electron chi connectivity index (χ2n) is 10.9. The van der Waals surface area contributed by atoms with Crippen molar-refractivity contribution >= 4 is 22.8 Å². The minimum Gasteiger partial charge on any atom is -0.326 e. The van der Waals surface area contributed by atoms with E-state index in [1.165, 1.54) is 18.9 Å². The summed E-state index contributed by atoms with van der Waals surface area (Å²) in [7, 11) is 0. The number of nitrogens with one attached hydrogen (secondary N) is 1. The average Bonchev–Trinajstić information content (AvgIpc) is 3.36. The SMILES string of the molecule is CCN1CC2CCC(C1)N2Cc1ccc(Nc2ncc(F)c(-c3cc(F)c4nc(C)n(C(C)C)c4c3)n2)nc1. The molecule has 0 radical (unpaired) electrons. The second kappa shape index (κ2) is 10.2. The Morgan fingerprint density at radius 1 is 1.00 bits per heavy atom. The van der Waals surface area contributed by atoms with E-state index in [2.05, 4.69) is 48.0 Å². The van der Waals surface area contributed by atoms with Gasteiger partial charge in [-0.05, 0) is 63.9 Å². The molecule has 2 fully saturated rings. The molecule has 6 rings (SSSR count). The molecule has 3 aromatic heterocycles. The number of hydrogen-bond donors (Lipinski definition) is 1. The summed E-state index contributed by atoms with van der Waals surface area (Å²) in [5.41, 5.74) is 2.37. The summed E-state index contributed by atoms with van der Waals surface area (Å²) in [6.07, 6.45) is 5.48. The lowest BCUT2D eigenvalue weighted by Gasteiger charge is -2.40. The first kappa shape index (κ1) is 25.8. The van der Waals surface area contributed by atoms with E-state index < -0.39 is 11.6 Å². The van der Waals surface area contributed by atoms with E-state index in [-0.39, 0.29) is 23.2 Å². The summed E-state index contributed by atoms with van der Waals surface area (Å²) in [6, 6.07) is 8.25. The van der Waals surface area contributed by atoms with E-state index in [1.54, 1.807) is 6.07 Å². The van der Waals surface area contributed by atoms with E-state index in [0.29, 0.717) is 34.8 Å². The Morgan fingerprint density at radius 3 is 2.44 bits per heavy atom. The first-order valence-electron chi connectivity index (χ1n) is 13.7. The number of hydrogen-bond acceptors (Lipinski definition) is 7. The van der Waals surface area contributed by atoms with Gasteiger partial charge in [-0.3, -0.25) is 4.90 Å². The van der Waals surface area contributed by atoms with E-state index in [1.807, 2.05) is 37.6 Å². The van der Waals surface area contributed by atoms with Crippen LogP contribution in [0.3, 0.4) is 0 Å². The van der Waals surface area contributed by atoms with Crippen molar-refractivity contribution in [2.75, 3.05) is 25.0 Å². The zero-order valence-electron chi connectivity index (χ0n) is 22.8. The van der Waals surface area contributed by atoms with Crippen LogP contribution in [-0.4, -0.2) is 66.0 Å². The summed E-state index contributed by atoms with van der Waals surface area (Å²) >= 11 is 0. The van der Waals surface area contributed by atoms with Crippen LogP contribution in [0.4, 0.5) is 20.5 Å². The number of aryl methyl sites for hydroxylation is 1. The predicted octanol–water partition coefficient (Wildman–Crippen LogP) is 5.47. The highest BCUT2D eigenvalue weighted by molar-refractivity contribution is 5.83. The molecular formula is C29H34F2N8. The van der Waals surface area contributed by atoms with Crippen molar-refractivity contribution in [3.05, 3.63) is 59.7 Å². The Hall–Kier alpha value is -3.50. The molecule has 39 heavy (non-hydrogen) atoms. The largest absolute Gasteiger partial charge is 0.326 e. The fourth-order valence-electron chi connectivity index (χ4n) is 6.20. The molecule has 2 aliphatic heterocycles. The quantitative estimate of drug-likeness (QED) is 0.338. The normalized spacial score (nSPS) is 19.9. The van der Waals surface area contributed by atoms with Gasteiger partial charge in [0.05, 0.1) is 11.7 Å². The summed E-state index contributed by atoms with van der Waals surface area (Å²) in [4.78, 5) is 22.6. The molecule has 5 heterocycles. The first-order valence-corrected chi connectivity index (χ1v) is 13.7. The van der Waals surface area contributed by atoms with Crippen LogP contribution < -0.4 is 5.32 Å². The number of likely N-dealkylation sites (N-methyl/N-ethyl adjacent to an activating group) is 1. The number of likely N-dealkylation sites (tertiary alicyclic amines) is 1. The third-order valence-corrected chi connectivity index (χ3v) is 8.05. The number of pyridine rings is 1. The number of aromatic nitrogens is 5. The fourth-order valence-corrected chi connectivity index (χ4v) is 6.20. The smallest absolute Gasteiger partial charge is 0.229 e. The molecule has 204 valence electrons. The zero-order valence-corrected chi connectivity index (χ0v) is 22.8. The number of anilines is 2. The van der Waals surface area contributed by atoms with Gasteiger partial charge in [-0.2, -0.15) is 0 Å². The van der Waals surface area contributed by atoms with E-state index in [9.17, 15) is 8.78 Å². The second-order valence-corrected chi connectivity index (χ2v) is 10.9. The molecule has 1 aromatic carbocycles. The van der Waals surface area contributed by atoms with Gasteiger partial charge in [0.15, 0.2) is 11.6 Å². The van der Waals surface area contributed by atoms with Gasteiger partial charge in [0, 0.05) is 49.5 Å². The van der Waals surface area contributed by atoms with E-state index >= 15 is 0 Å². The van der Waals surface area contributed by atoms with Gasteiger partial charge >= 0.3 is 0 Å². The highest BCUT2D eigenvalue weighted by atomic mass is 19.1. The monoisotopic (exact) mass is 532 g/mol. The van der Waals surface area contributed by atoms with Crippen LogP contribution >= 0.6 is 0 Å². The molecule has 4 aromatic rings. The van der Waals surface area contributed by atoms with Crippen molar-refractivity contribution in [2.24, 2.45) is 0 Å². The van der Waals surface area contributed by atoms with Gasteiger partial charge in [0.1, 0.15) is 22.9 Å². The molecule has 0 amide bonds. The maximum atomic E-state index is 15.0. The number of imidazole rings is 1. The highest BCUT2D eigenvalue weighted by Gasteiger charge is 2.39. The first-order chi connectivity index (χ1) is 18.8. The minimum absolute atomic E-state index is 0.0146. The van der Waals surface area contributed by atoms with Crippen LogP contribution in [0.25, 0.3) is 22.3 Å². The van der Waals surface area contributed by atoms with Crippen molar-refractivity contribution in [1.82, 2.24) is 34.3 Å². The molecule has 2 unspecified atom stereocenters. The molecule has 0 saturated carbocycles. The minimum atomic E-state index is -0.632. The molecule has 2 saturated heterocycles. The van der Waals surface area contributed by atoms with Crippen molar-refractivity contribution in [2.45, 2.75) is 65.2 Å². The maximum Gasteiger partial charge on any atom is 0.229 e. The Labute approximate surface area is 227 Å². The number of fused-ring (bicyclic) bond motifs is 3. The molecule has 0 aliphatic carbocycles. The van der Waals surface area contributed by atoms with Gasteiger partial charge < -0.3 is 14.8 Å². The van der Waals surface area contributed by atoms with Crippen LogP contribution in [0.5, 0.6) is 0 Å². The van der Waals surface area contributed by atoms with Crippen molar-refractivity contribution < 1.29 is 8.78 Å². The molecule has 2 aliphatic rings. The number of piperazine rings is 1. The van der Waals surface area contributed by atoms with Crippen LogP contribution in [0.2, 0.25) is 0 Å². The summed E-state index contributed by atoms with van der Waals surface area (Å²) < 4.78 is 31.8. The Kier molecular flexibility index (Phi) is 6.76. The molecule has 2 bridgehead atoms. The third-order valence-electron chi connectivity index (χ3n) is 8.05. The lowest BCUT2D eigenvalue weighted by Crippen LogP contribution is -2.52. The lowest BCUT2D eigenvalue weighted by atomic mass is 10.1. The topological polar surface area (TPSA) is 75.0 Å². The van der Waals surface area contributed by atoms with Crippen molar-refractivity contribution in [3.8, 4) is 11.3 Å². The maximum absolute atomic E-state index is 15.0. The highest BCUT2D eigenvalue weighted by Crippen LogP contribution is 2.32. The van der Waals surface area contributed by atoms with Crippen LogP contribution in [0.1, 0.15) is 51.0 Å². The summed E-state index contributed by atoms with van der Waals surface area (Å²) in [5.74, 6) is 0.304. The molecule has 1 N–H and O–H groups in total. The fraction of sp³-hybridized carbons (Fsp3) is 0.448.